The third-order valence-electron chi connectivity index (χ3n) is 11.9. The van der Waals surface area contributed by atoms with Crippen LogP contribution in [0.25, 0.3) is 99.7 Å². The van der Waals surface area contributed by atoms with E-state index in [-0.39, 0.29) is 0 Å². The SMILES string of the molecule is c1ccc(-c2cccc3c2oc2c4c5c(cc23)Sc2cc(-c3nc6ccc7ccccc7c6o3)ccc2N5c2ccc(-c3nc5ccc6ccccc6c5o3)cc2S4)cc1. The fourth-order valence-electron chi connectivity index (χ4n) is 9.08. The van der Waals surface area contributed by atoms with E-state index in [1.54, 1.807) is 23.5 Å². The van der Waals surface area contributed by atoms with Gasteiger partial charge in [0.1, 0.15) is 16.6 Å². The van der Waals surface area contributed by atoms with Crippen LogP contribution in [0.5, 0.6) is 0 Å². The molecule has 9 aromatic carbocycles. The van der Waals surface area contributed by atoms with Crippen LogP contribution < -0.4 is 4.90 Å². The van der Waals surface area contributed by atoms with Crippen molar-refractivity contribution >= 4 is 106 Å². The molecule has 8 heteroatoms. The molecule has 0 N–H and O–H groups in total. The van der Waals surface area contributed by atoms with Crippen molar-refractivity contribution in [2.24, 2.45) is 0 Å². The van der Waals surface area contributed by atoms with Gasteiger partial charge in [0, 0.05) is 52.9 Å². The molecule has 0 saturated carbocycles. The summed E-state index contributed by atoms with van der Waals surface area (Å²) in [6, 6.07) is 57.2. The Labute approximate surface area is 350 Å². The zero-order valence-electron chi connectivity index (χ0n) is 31.5. The minimum Gasteiger partial charge on any atom is -0.454 e. The Kier molecular flexibility index (Phi) is 6.61. The van der Waals surface area contributed by atoms with Crippen LogP contribution >= 0.6 is 23.5 Å². The third-order valence-corrected chi connectivity index (χ3v) is 14.1. The number of fused-ring (bicyclic) bond motifs is 14. The quantitative estimate of drug-likeness (QED) is 0.175. The highest BCUT2D eigenvalue weighted by atomic mass is 32.2. The average Bonchev–Trinajstić information content (AvgIpc) is 4.05. The lowest BCUT2D eigenvalue weighted by molar-refractivity contribution is 0.622. The van der Waals surface area contributed by atoms with Crippen LogP contribution in [0.3, 0.4) is 0 Å². The molecule has 0 atom stereocenters. The summed E-state index contributed by atoms with van der Waals surface area (Å²) in [7, 11) is 0. The van der Waals surface area contributed by atoms with Gasteiger partial charge in [0.15, 0.2) is 16.7 Å². The molecule has 0 fully saturated rings. The van der Waals surface area contributed by atoms with Crippen molar-refractivity contribution in [3.05, 3.63) is 164 Å². The summed E-state index contributed by atoms with van der Waals surface area (Å²) in [4.78, 5) is 16.8. The Morgan fingerprint density at radius 2 is 1.00 bits per heavy atom. The number of nitrogens with zero attached hydrogens (tertiary/aromatic N) is 3. The van der Waals surface area contributed by atoms with Crippen molar-refractivity contribution in [3.8, 4) is 34.0 Å². The summed E-state index contributed by atoms with van der Waals surface area (Å²) in [6.45, 7) is 0. The Morgan fingerprint density at radius 1 is 0.400 bits per heavy atom. The van der Waals surface area contributed by atoms with Crippen LogP contribution in [0.1, 0.15) is 0 Å². The molecule has 60 heavy (non-hydrogen) atoms. The van der Waals surface area contributed by atoms with E-state index in [2.05, 4.69) is 126 Å². The van der Waals surface area contributed by atoms with Gasteiger partial charge >= 0.3 is 0 Å². The molecule has 0 bridgehead atoms. The van der Waals surface area contributed by atoms with E-state index >= 15 is 0 Å². The van der Waals surface area contributed by atoms with Gasteiger partial charge in [-0.1, -0.05) is 133 Å². The highest BCUT2D eigenvalue weighted by molar-refractivity contribution is 8.01. The first-order valence-corrected chi connectivity index (χ1v) is 21.4. The Balaban J connectivity index is 0.975. The highest BCUT2D eigenvalue weighted by Gasteiger charge is 2.36. The number of anilines is 3. The van der Waals surface area contributed by atoms with Gasteiger partial charge in [0.25, 0.3) is 0 Å². The summed E-state index contributed by atoms with van der Waals surface area (Å²) in [5.41, 5.74) is 12.4. The van der Waals surface area contributed by atoms with E-state index in [4.69, 9.17) is 23.2 Å². The lowest BCUT2D eigenvalue weighted by atomic mass is 10.0. The molecule has 3 aromatic heterocycles. The van der Waals surface area contributed by atoms with Crippen molar-refractivity contribution in [1.29, 1.82) is 0 Å². The normalized spacial score (nSPS) is 13.2. The first-order chi connectivity index (χ1) is 29.7. The molecule has 0 spiro atoms. The number of hydrogen-bond acceptors (Lipinski definition) is 8. The standard InChI is InChI=1S/C52H27N3O3S2/c1-2-9-28(10-3-1)33-15-8-16-36-37-27-44-45-50(49(37)56-46(33)36)60-43-26-32(52-54-39-22-18-30-12-5-7-14-35(30)48(39)58-52)20-24-41(43)55(45)40-23-19-31(25-42(40)59-44)51-53-38-21-17-29-11-4-6-13-34(29)47(38)57-51/h1-27H. The van der Waals surface area contributed by atoms with Crippen LogP contribution in [-0.2, 0) is 0 Å². The van der Waals surface area contributed by atoms with Crippen molar-refractivity contribution in [1.82, 2.24) is 9.97 Å². The number of oxazole rings is 2. The first-order valence-electron chi connectivity index (χ1n) is 19.8. The van der Waals surface area contributed by atoms with E-state index in [9.17, 15) is 0 Å². The molecule has 12 aromatic rings. The van der Waals surface area contributed by atoms with Gasteiger partial charge in [-0.2, -0.15) is 0 Å². The molecule has 14 rings (SSSR count). The number of hydrogen-bond donors (Lipinski definition) is 0. The fraction of sp³-hybridized carbons (Fsp3) is 0. The summed E-state index contributed by atoms with van der Waals surface area (Å²) in [6.07, 6.45) is 0. The Bertz CT molecular complexity index is 3800. The number of furan rings is 1. The summed E-state index contributed by atoms with van der Waals surface area (Å²) < 4.78 is 20.1. The molecule has 2 aliphatic rings. The molecule has 0 radical (unpaired) electrons. The lowest BCUT2D eigenvalue weighted by Crippen LogP contribution is -2.19. The molecular weight excluding hydrogens is 779 g/mol. The molecule has 0 unspecified atom stereocenters. The van der Waals surface area contributed by atoms with Crippen molar-refractivity contribution in [2.75, 3.05) is 4.90 Å². The van der Waals surface area contributed by atoms with Crippen molar-refractivity contribution in [3.63, 3.8) is 0 Å². The molecule has 0 saturated heterocycles. The molecule has 0 aliphatic carbocycles. The van der Waals surface area contributed by atoms with Gasteiger partial charge in [-0.25, -0.2) is 9.97 Å². The second-order valence-electron chi connectivity index (χ2n) is 15.3. The van der Waals surface area contributed by atoms with Crippen LogP contribution in [0, 0.1) is 0 Å². The van der Waals surface area contributed by atoms with Crippen molar-refractivity contribution < 1.29 is 13.3 Å². The minimum absolute atomic E-state index is 0.594. The predicted octanol–water partition coefficient (Wildman–Crippen LogP) is 15.6. The average molecular weight is 806 g/mol. The van der Waals surface area contributed by atoms with Crippen molar-refractivity contribution in [2.45, 2.75) is 19.6 Å². The number of aromatic nitrogens is 2. The van der Waals surface area contributed by atoms with E-state index in [1.807, 2.05) is 42.5 Å². The van der Waals surface area contributed by atoms with E-state index in [0.717, 1.165) is 125 Å². The van der Waals surface area contributed by atoms with E-state index in [0.29, 0.717) is 11.8 Å². The van der Waals surface area contributed by atoms with Gasteiger partial charge < -0.3 is 18.2 Å². The number of benzene rings is 9. The lowest BCUT2D eigenvalue weighted by Gasteiger charge is -2.38. The number of rotatable bonds is 3. The molecule has 6 nitrogen and oxygen atoms in total. The maximum atomic E-state index is 7.04. The van der Waals surface area contributed by atoms with Crippen LogP contribution in [0.4, 0.5) is 17.1 Å². The van der Waals surface area contributed by atoms with Crippen LogP contribution in [0.2, 0.25) is 0 Å². The topological polar surface area (TPSA) is 68.4 Å². The fourth-order valence-corrected chi connectivity index (χ4v) is 11.5. The van der Waals surface area contributed by atoms with Crippen LogP contribution in [-0.4, -0.2) is 9.97 Å². The van der Waals surface area contributed by atoms with Gasteiger partial charge in [0.05, 0.1) is 22.0 Å². The summed E-state index contributed by atoms with van der Waals surface area (Å²) in [5, 5.41) is 6.55. The van der Waals surface area contributed by atoms with E-state index in [1.165, 1.54) is 0 Å². The van der Waals surface area contributed by atoms with Gasteiger partial charge in [-0.3, -0.25) is 0 Å². The highest BCUT2D eigenvalue weighted by Crippen LogP contribution is 2.63. The second-order valence-corrected chi connectivity index (χ2v) is 17.4. The monoisotopic (exact) mass is 805 g/mol. The van der Waals surface area contributed by atoms with E-state index < -0.39 is 0 Å². The second kappa shape index (κ2) is 12.1. The summed E-state index contributed by atoms with van der Waals surface area (Å²) >= 11 is 3.53. The Hall–Kier alpha value is -7.26. The Morgan fingerprint density at radius 3 is 1.67 bits per heavy atom. The largest absolute Gasteiger partial charge is 0.454 e. The van der Waals surface area contributed by atoms with Gasteiger partial charge in [-0.15, -0.1) is 0 Å². The minimum atomic E-state index is 0.594. The first kappa shape index (κ1) is 32.7. The number of para-hydroxylation sites is 1. The van der Waals surface area contributed by atoms with Gasteiger partial charge in [0.2, 0.25) is 11.8 Å². The zero-order chi connectivity index (χ0) is 39.1. The summed E-state index contributed by atoms with van der Waals surface area (Å²) in [5.74, 6) is 1.20. The maximum Gasteiger partial charge on any atom is 0.227 e. The third kappa shape index (κ3) is 4.63. The predicted molar refractivity (Wildman–Crippen MR) is 243 cm³/mol. The molecule has 2 aliphatic heterocycles. The van der Waals surface area contributed by atoms with Crippen LogP contribution in [0.15, 0.2) is 197 Å². The molecule has 0 amide bonds. The zero-order valence-corrected chi connectivity index (χ0v) is 33.1. The molecule has 5 heterocycles. The van der Waals surface area contributed by atoms with Gasteiger partial charge in [-0.05, 0) is 70.9 Å². The molecular formula is C52H27N3O3S2. The smallest absolute Gasteiger partial charge is 0.227 e. The molecule has 280 valence electrons. The maximum absolute atomic E-state index is 7.04.